The van der Waals surface area contributed by atoms with Gasteiger partial charge in [-0.25, -0.2) is 4.98 Å². The van der Waals surface area contributed by atoms with Crippen LogP contribution in [-0.2, 0) is 4.79 Å². The molecule has 1 aliphatic carbocycles. The highest BCUT2D eigenvalue weighted by molar-refractivity contribution is 7.08. The van der Waals surface area contributed by atoms with Crippen molar-refractivity contribution in [3.05, 3.63) is 64.9 Å². The van der Waals surface area contributed by atoms with Crippen LogP contribution in [0.4, 0.5) is 0 Å². The molecule has 2 heterocycles. The van der Waals surface area contributed by atoms with Crippen LogP contribution in [0.1, 0.15) is 44.1 Å². The van der Waals surface area contributed by atoms with Gasteiger partial charge < -0.3 is 10.1 Å². The topological polar surface area (TPSA) is 56.2 Å². The fourth-order valence-corrected chi connectivity index (χ4v) is 4.60. The molecule has 0 radical (unpaired) electrons. The summed E-state index contributed by atoms with van der Waals surface area (Å²) >= 11 is 1.68. The Bertz CT molecular complexity index is 1220. The van der Waals surface area contributed by atoms with E-state index in [9.17, 15) is 4.79 Å². The van der Waals surface area contributed by atoms with Crippen molar-refractivity contribution in [1.29, 1.82) is 0 Å². The number of carbonyl (C=O) groups is 1. The van der Waals surface area contributed by atoms with Crippen LogP contribution < -0.4 is 10.1 Å². The van der Waals surface area contributed by atoms with E-state index in [1.165, 1.54) is 5.56 Å². The number of hydrogen-bond donors (Lipinski definition) is 1. The van der Waals surface area contributed by atoms with Gasteiger partial charge in [-0.1, -0.05) is 17.7 Å². The van der Waals surface area contributed by atoms with Crippen LogP contribution in [0.5, 0.6) is 5.75 Å². The first-order valence-electron chi connectivity index (χ1n) is 11.7. The molecule has 33 heavy (non-hydrogen) atoms. The van der Waals surface area contributed by atoms with E-state index in [0.29, 0.717) is 19.1 Å². The molecule has 2 aromatic heterocycles. The molecule has 1 N–H and O–H groups in total. The van der Waals surface area contributed by atoms with Crippen molar-refractivity contribution in [3.8, 4) is 22.8 Å². The van der Waals surface area contributed by atoms with Gasteiger partial charge in [0, 0.05) is 35.2 Å². The third-order valence-electron chi connectivity index (χ3n) is 5.96. The van der Waals surface area contributed by atoms with Crippen LogP contribution in [0, 0.1) is 6.92 Å². The van der Waals surface area contributed by atoms with E-state index in [1.54, 1.807) is 11.3 Å². The SMILES string of the molecule is Cc1ccc(-n2c(-c3ccsc3)nc3ccc(OCCCCCC(=O)NC4CC4)cc32)cc1. The molecule has 1 amide bonds. The molecule has 0 spiro atoms. The fraction of sp³-hybridized carbons (Fsp3) is 0.333. The van der Waals surface area contributed by atoms with E-state index in [2.05, 4.69) is 64.0 Å². The maximum absolute atomic E-state index is 11.8. The molecule has 1 saturated carbocycles. The average Bonchev–Trinajstić information content (AvgIpc) is 3.32. The zero-order chi connectivity index (χ0) is 22.6. The molecule has 0 bridgehead atoms. The zero-order valence-corrected chi connectivity index (χ0v) is 19.7. The smallest absolute Gasteiger partial charge is 0.220 e. The summed E-state index contributed by atoms with van der Waals surface area (Å²) in [6.07, 6.45) is 5.73. The second kappa shape index (κ2) is 9.79. The lowest BCUT2D eigenvalue weighted by Gasteiger charge is -2.10. The third-order valence-corrected chi connectivity index (χ3v) is 6.64. The highest BCUT2D eigenvalue weighted by Gasteiger charge is 2.22. The first-order chi connectivity index (χ1) is 16.2. The molecule has 1 aliphatic rings. The van der Waals surface area contributed by atoms with Crippen molar-refractivity contribution in [2.24, 2.45) is 0 Å². The quantitative estimate of drug-likeness (QED) is 0.284. The standard InChI is InChI=1S/C27H29N3O2S/c1-19-6-10-22(11-7-19)30-25-17-23(12-13-24(25)29-27(30)20-14-16-33-18-20)32-15-4-2-3-5-26(31)28-21-8-9-21/h6-7,10-14,16-18,21H,2-5,8-9,15H2,1H3,(H,28,31). The van der Waals surface area contributed by atoms with E-state index in [1.807, 2.05) is 12.1 Å². The van der Waals surface area contributed by atoms with Gasteiger partial charge in [0.15, 0.2) is 0 Å². The number of imidazole rings is 1. The Balaban J connectivity index is 1.28. The number of carbonyl (C=O) groups excluding carboxylic acids is 1. The number of nitrogens with zero attached hydrogens (tertiary/aromatic N) is 2. The molecule has 0 unspecified atom stereocenters. The summed E-state index contributed by atoms with van der Waals surface area (Å²) in [7, 11) is 0. The molecular formula is C27H29N3O2S. The average molecular weight is 460 g/mol. The lowest BCUT2D eigenvalue weighted by molar-refractivity contribution is -0.121. The molecule has 170 valence electrons. The molecular weight excluding hydrogens is 430 g/mol. The summed E-state index contributed by atoms with van der Waals surface area (Å²) in [4.78, 5) is 16.7. The predicted molar refractivity (Wildman–Crippen MR) is 134 cm³/mol. The van der Waals surface area contributed by atoms with Gasteiger partial charge in [-0.15, -0.1) is 0 Å². The number of aromatic nitrogens is 2. The molecule has 1 fully saturated rings. The third kappa shape index (κ3) is 5.28. The summed E-state index contributed by atoms with van der Waals surface area (Å²) in [6.45, 7) is 2.74. The van der Waals surface area contributed by atoms with Gasteiger partial charge in [0.05, 0.1) is 17.6 Å². The predicted octanol–water partition coefficient (Wildman–Crippen LogP) is 6.28. The van der Waals surface area contributed by atoms with Gasteiger partial charge in [0.2, 0.25) is 5.91 Å². The van der Waals surface area contributed by atoms with Gasteiger partial charge >= 0.3 is 0 Å². The molecule has 0 saturated heterocycles. The van der Waals surface area contributed by atoms with Crippen LogP contribution >= 0.6 is 11.3 Å². The van der Waals surface area contributed by atoms with Crippen molar-refractivity contribution < 1.29 is 9.53 Å². The van der Waals surface area contributed by atoms with E-state index >= 15 is 0 Å². The number of amides is 1. The summed E-state index contributed by atoms with van der Waals surface area (Å²) in [5.74, 6) is 1.98. The van der Waals surface area contributed by atoms with Crippen LogP contribution in [0.25, 0.3) is 28.1 Å². The zero-order valence-electron chi connectivity index (χ0n) is 18.9. The van der Waals surface area contributed by atoms with Crippen molar-refractivity contribution >= 4 is 28.3 Å². The maximum Gasteiger partial charge on any atom is 0.220 e. The lowest BCUT2D eigenvalue weighted by atomic mass is 10.2. The largest absolute Gasteiger partial charge is 0.494 e. The molecule has 0 atom stereocenters. The Morgan fingerprint density at radius 2 is 1.97 bits per heavy atom. The highest BCUT2D eigenvalue weighted by Crippen LogP contribution is 2.32. The monoisotopic (exact) mass is 459 g/mol. The number of aryl methyl sites for hydroxylation is 1. The first-order valence-corrected chi connectivity index (χ1v) is 12.7. The minimum Gasteiger partial charge on any atom is -0.494 e. The highest BCUT2D eigenvalue weighted by atomic mass is 32.1. The Labute approximate surface area is 198 Å². The Hall–Kier alpha value is -3.12. The summed E-state index contributed by atoms with van der Waals surface area (Å²) in [5.41, 5.74) is 5.42. The lowest BCUT2D eigenvalue weighted by Crippen LogP contribution is -2.24. The molecule has 0 aliphatic heterocycles. The van der Waals surface area contributed by atoms with Crippen molar-refractivity contribution in [1.82, 2.24) is 14.9 Å². The fourth-order valence-electron chi connectivity index (χ4n) is 3.97. The van der Waals surface area contributed by atoms with E-state index in [0.717, 1.165) is 66.0 Å². The number of rotatable bonds is 10. The van der Waals surface area contributed by atoms with E-state index in [4.69, 9.17) is 9.72 Å². The Morgan fingerprint density at radius 1 is 1.12 bits per heavy atom. The molecule has 2 aromatic carbocycles. The van der Waals surface area contributed by atoms with Crippen LogP contribution in [0.2, 0.25) is 0 Å². The molecule has 6 heteroatoms. The van der Waals surface area contributed by atoms with Crippen molar-refractivity contribution in [2.75, 3.05) is 6.61 Å². The van der Waals surface area contributed by atoms with Gasteiger partial charge in [0.1, 0.15) is 11.6 Å². The summed E-state index contributed by atoms with van der Waals surface area (Å²) in [6, 6.07) is 17.2. The van der Waals surface area contributed by atoms with Crippen molar-refractivity contribution in [3.63, 3.8) is 0 Å². The number of nitrogens with one attached hydrogen (secondary N) is 1. The number of fused-ring (bicyclic) bond motifs is 1. The van der Waals surface area contributed by atoms with Gasteiger partial charge in [-0.2, -0.15) is 11.3 Å². The number of ether oxygens (including phenoxy) is 1. The van der Waals surface area contributed by atoms with Crippen LogP contribution in [0.3, 0.4) is 0 Å². The molecule has 4 aromatic rings. The summed E-state index contributed by atoms with van der Waals surface area (Å²) < 4.78 is 8.28. The minimum atomic E-state index is 0.190. The normalized spacial score (nSPS) is 13.4. The Kier molecular flexibility index (Phi) is 6.44. The van der Waals surface area contributed by atoms with Crippen molar-refractivity contribution in [2.45, 2.75) is 51.5 Å². The van der Waals surface area contributed by atoms with Crippen LogP contribution in [-0.4, -0.2) is 28.1 Å². The minimum absolute atomic E-state index is 0.190. The van der Waals surface area contributed by atoms with E-state index < -0.39 is 0 Å². The van der Waals surface area contributed by atoms with Gasteiger partial charge in [0.25, 0.3) is 0 Å². The van der Waals surface area contributed by atoms with Gasteiger partial charge in [-0.05, 0) is 74.7 Å². The number of hydrogen-bond acceptors (Lipinski definition) is 4. The second-order valence-corrected chi connectivity index (χ2v) is 9.55. The number of benzene rings is 2. The second-order valence-electron chi connectivity index (χ2n) is 8.77. The Morgan fingerprint density at radius 3 is 2.73 bits per heavy atom. The maximum atomic E-state index is 11.8. The number of thiophene rings is 1. The van der Waals surface area contributed by atoms with Crippen LogP contribution in [0.15, 0.2) is 59.3 Å². The molecule has 5 rings (SSSR count). The number of unbranched alkanes of at least 4 members (excludes halogenated alkanes) is 2. The summed E-state index contributed by atoms with van der Waals surface area (Å²) in [5, 5.41) is 7.26. The first kappa shape index (κ1) is 21.7. The molecule has 5 nitrogen and oxygen atoms in total. The van der Waals surface area contributed by atoms with E-state index in [-0.39, 0.29) is 5.91 Å². The van der Waals surface area contributed by atoms with Gasteiger partial charge in [-0.3, -0.25) is 9.36 Å².